The maximum Gasteiger partial charge on any atom is 0.254 e. The maximum absolute atomic E-state index is 13.3. The van der Waals surface area contributed by atoms with Crippen molar-refractivity contribution in [2.45, 2.75) is 6.42 Å². The molecular weight excluding hydrogens is 300 g/mol. The molecule has 20 heavy (non-hydrogen) atoms. The molecule has 0 radical (unpaired) electrons. The second kappa shape index (κ2) is 8.06. The van der Waals surface area contributed by atoms with E-state index in [0.717, 1.165) is 0 Å². The van der Waals surface area contributed by atoms with E-state index in [1.807, 2.05) is 19.0 Å². The lowest BCUT2D eigenvalue weighted by Crippen LogP contribution is -2.28. The number of carbonyl (C=O) groups excluding carboxylic acids is 1. The van der Waals surface area contributed by atoms with Crippen LogP contribution in [0.3, 0.4) is 0 Å². The van der Waals surface area contributed by atoms with Crippen LogP contribution in [0.2, 0.25) is 0 Å². The molecule has 1 aromatic rings. The quantitative estimate of drug-likeness (QED) is 0.392. The van der Waals surface area contributed by atoms with Crippen LogP contribution in [0.4, 0.5) is 17.6 Å². The van der Waals surface area contributed by atoms with Gasteiger partial charge in [-0.3, -0.25) is 4.79 Å². The Kier molecular flexibility index (Phi) is 7.52. The molecule has 0 aliphatic heterocycles. The highest BCUT2D eigenvalue weighted by Crippen LogP contribution is 2.18. The summed E-state index contributed by atoms with van der Waals surface area (Å²) in [5.74, 6) is -8.18. The van der Waals surface area contributed by atoms with Gasteiger partial charge in [-0.25, -0.2) is 17.6 Å². The topological polar surface area (TPSA) is 32.3 Å². The first-order valence-corrected chi connectivity index (χ1v) is 5.60. The molecule has 1 aromatic carbocycles. The molecule has 0 fully saturated rings. The highest BCUT2D eigenvalue weighted by atomic mass is 35.5. The summed E-state index contributed by atoms with van der Waals surface area (Å²) < 4.78 is 51.8. The van der Waals surface area contributed by atoms with Crippen LogP contribution in [0, 0.1) is 23.3 Å². The largest absolute Gasteiger partial charge is 0.352 e. The number of carbonyl (C=O) groups is 1. The average molecular weight is 315 g/mol. The number of nitrogens with zero attached hydrogens (tertiary/aromatic N) is 1. The van der Waals surface area contributed by atoms with Crippen molar-refractivity contribution >= 4 is 18.3 Å². The first-order valence-electron chi connectivity index (χ1n) is 5.60. The van der Waals surface area contributed by atoms with Gasteiger partial charge in [-0.05, 0) is 33.1 Å². The van der Waals surface area contributed by atoms with Crippen LogP contribution >= 0.6 is 12.4 Å². The Bertz CT molecular complexity index is 483. The lowest BCUT2D eigenvalue weighted by atomic mass is 10.1. The zero-order chi connectivity index (χ0) is 14.6. The van der Waals surface area contributed by atoms with E-state index in [9.17, 15) is 22.4 Å². The van der Waals surface area contributed by atoms with Gasteiger partial charge in [0.15, 0.2) is 23.3 Å². The molecule has 3 nitrogen and oxygen atoms in total. The Balaban J connectivity index is 0.00000361. The fourth-order valence-corrected chi connectivity index (χ4v) is 1.43. The second-order valence-electron chi connectivity index (χ2n) is 4.26. The Morgan fingerprint density at radius 3 is 2.30 bits per heavy atom. The van der Waals surface area contributed by atoms with Gasteiger partial charge in [0, 0.05) is 6.54 Å². The van der Waals surface area contributed by atoms with Crippen molar-refractivity contribution in [1.29, 1.82) is 0 Å². The molecule has 0 aromatic heterocycles. The minimum Gasteiger partial charge on any atom is -0.352 e. The zero-order valence-electron chi connectivity index (χ0n) is 11.0. The van der Waals surface area contributed by atoms with Crippen LogP contribution in [-0.2, 0) is 0 Å². The molecule has 0 saturated carbocycles. The molecule has 1 N–H and O–H groups in total. The van der Waals surface area contributed by atoms with Crippen molar-refractivity contribution < 1.29 is 22.4 Å². The van der Waals surface area contributed by atoms with Crippen molar-refractivity contribution in [2.75, 3.05) is 27.2 Å². The maximum atomic E-state index is 13.3. The average Bonchev–Trinajstić information content (AvgIpc) is 2.36. The summed E-state index contributed by atoms with van der Waals surface area (Å²) >= 11 is 0. The number of halogens is 5. The third-order valence-electron chi connectivity index (χ3n) is 2.41. The van der Waals surface area contributed by atoms with Gasteiger partial charge in [0.2, 0.25) is 0 Å². The minimum atomic E-state index is -1.99. The summed E-state index contributed by atoms with van der Waals surface area (Å²) in [7, 11) is 3.68. The fourth-order valence-electron chi connectivity index (χ4n) is 1.43. The minimum absolute atomic E-state index is 0. The van der Waals surface area contributed by atoms with Gasteiger partial charge in [0.05, 0.1) is 5.56 Å². The Labute approximate surface area is 120 Å². The second-order valence-corrected chi connectivity index (χ2v) is 4.26. The van der Waals surface area contributed by atoms with Gasteiger partial charge in [-0.15, -0.1) is 12.4 Å². The van der Waals surface area contributed by atoms with Crippen LogP contribution in [0.15, 0.2) is 6.07 Å². The van der Waals surface area contributed by atoms with Crippen LogP contribution in [0.5, 0.6) is 0 Å². The van der Waals surface area contributed by atoms with Crippen molar-refractivity contribution in [3.63, 3.8) is 0 Å². The molecule has 8 heteroatoms. The van der Waals surface area contributed by atoms with Crippen LogP contribution in [0.25, 0.3) is 0 Å². The van der Waals surface area contributed by atoms with Crippen molar-refractivity contribution in [2.24, 2.45) is 0 Å². The highest BCUT2D eigenvalue weighted by molar-refractivity contribution is 5.94. The summed E-state index contributed by atoms with van der Waals surface area (Å²) in [5.41, 5.74) is -0.846. The highest BCUT2D eigenvalue weighted by Gasteiger charge is 2.22. The Morgan fingerprint density at radius 2 is 1.75 bits per heavy atom. The summed E-state index contributed by atoms with van der Waals surface area (Å²) in [5, 5.41) is 2.31. The summed E-state index contributed by atoms with van der Waals surface area (Å²) in [6.07, 6.45) is 0.590. The number of benzene rings is 1. The first kappa shape index (κ1) is 18.7. The summed E-state index contributed by atoms with van der Waals surface area (Å²) in [6.45, 7) is 0.909. The van der Waals surface area contributed by atoms with E-state index in [1.165, 1.54) is 0 Å². The summed E-state index contributed by atoms with van der Waals surface area (Å²) in [4.78, 5) is 13.4. The van der Waals surface area contributed by atoms with E-state index in [4.69, 9.17) is 0 Å². The van der Waals surface area contributed by atoms with E-state index in [0.29, 0.717) is 19.0 Å². The fraction of sp³-hybridized carbons (Fsp3) is 0.417. The molecular formula is C12H15ClF4N2O. The molecule has 0 spiro atoms. The van der Waals surface area contributed by atoms with E-state index in [-0.39, 0.29) is 19.0 Å². The predicted molar refractivity (Wildman–Crippen MR) is 69.0 cm³/mol. The van der Waals surface area contributed by atoms with Crippen molar-refractivity contribution in [3.05, 3.63) is 34.9 Å². The molecule has 0 bridgehead atoms. The smallest absolute Gasteiger partial charge is 0.254 e. The van der Waals surface area contributed by atoms with Gasteiger partial charge in [0.25, 0.3) is 5.91 Å². The molecule has 0 aliphatic carbocycles. The third-order valence-corrected chi connectivity index (χ3v) is 2.41. The number of nitrogens with one attached hydrogen (secondary N) is 1. The number of rotatable bonds is 5. The van der Waals surface area contributed by atoms with E-state index in [2.05, 4.69) is 5.32 Å². The summed E-state index contributed by atoms with van der Waals surface area (Å²) in [6, 6.07) is 0.342. The number of hydrogen-bond acceptors (Lipinski definition) is 2. The lowest BCUT2D eigenvalue weighted by Gasteiger charge is -2.10. The van der Waals surface area contributed by atoms with Crippen molar-refractivity contribution in [3.8, 4) is 0 Å². The molecule has 0 atom stereocenters. The zero-order valence-corrected chi connectivity index (χ0v) is 11.8. The molecule has 0 unspecified atom stereocenters. The van der Waals surface area contributed by atoms with Gasteiger partial charge in [-0.1, -0.05) is 0 Å². The van der Waals surface area contributed by atoms with Gasteiger partial charge in [0.1, 0.15) is 0 Å². The SMILES string of the molecule is CN(C)CCCNC(=O)c1cc(F)c(F)c(F)c1F.Cl. The van der Waals surface area contributed by atoms with Gasteiger partial charge < -0.3 is 10.2 Å². The number of amides is 1. The predicted octanol–water partition coefficient (Wildman–Crippen LogP) is 2.35. The molecule has 1 rings (SSSR count). The monoisotopic (exact) mass is 314 g/mol. The van der Waals surface area contributed by atoms with Crippen LogP contribution in [-0.4, -0.2) is 38.0 Å². The standard InChI is InChI=1S/C12H14F4N2O.ClH/c1-18(2)5-3-4-17-12(19)7-6-8(13)10(15)11(16)9(7)14;/h6H,3-5H2,1-2H3,(H,17,19);1H. The number of hydrogen-bond donors (Lipinski definition) is 1. The van der Waals surface area contributed by atoms with Crippen LogP contribution < -0.4 is 5.32 Å². The van der Waals surface area contributed by atoms with Gasteiger partial charge in [-0.2, -0.15) is 0 Å². The van der Waals surface area contributed by atoms with Crippen molar-refractivity contribution in [1.82, 2.24) is 10.2 Å². The van der Waals surface area contributed by atoms with Crippen LogP contribution in [0.1, 0.15) is 16.8 Å². The van der Waals surface area contributed by atoms with E-state index < -0.39 is 34.7 Å². The Hall–Kier alpha value is -1.34. The first-order chi connectivity index (χ1) is 8.84. The molecule has 114 valence electrons. The third kappa shape index (κ3) is 4.64. The molecule has 0 aliphatic rings. The van der Waals surface area contributed by atoms with E-state index >= 15 is 0 Å². The molecule has 0 saturated heterocycles. The molecule has 0 heterocycles. The van der Waals surface area contributed by atoms with Gasteiger partial charge >= 0.3 is 0 Å². The lowest BCUT2D eigenvalue weighted by molar-refractivity contribution is 0.0946. The normalized spacial score (nSPS) is 10.3. The molecule has 1 amide bonds. The van der Waals surface area contributed by atoms with E-state index in [1.54, 1.807) is 0 Å². The Morgan fingerprint density at radius 1 is 1.15 bits per heavy atom.